The smallest absolute Gasteiger partial charge is 0.214 e. The van der Waals surface area contributed by atoms with Gasteiger partial charge < -0.3 is 0 Å². The Hall–Kier alpha value is -1.45. The lowest BCUT2D eigenvalue weighted by Gasteiger charge is -2.24. The molecular formula is C12H17N3O2S. The molecule has 1 aromatic rings. The number of aromatic nitrogens is 1. The fourth-order valence-electron chi connectivity index (χ4n) is 1.57. The Labute approximate surface area is 108 Å². The molecule has 0 N–H and O–H groups in total. The fraction of sp³-hybridized carbons (Fsp3) is 0.500. The van der Waals surface area contributed by atoms with Crippen LogP contribution in [0.4, 0.5) is 0 Å². The van der Waals surface area contributed by atoms with Crippen LogP contribution in [0.15, 0.2) is 24.5 Å². The molecule has 1 atom stereocenters. The van der Waals surface area contributed by atoms with E-state index in [-0.39, 0.29) is 18.2 Å². The average molecular weight is 267 g/mol. The Balaban J connectivity index is 2.75. The molecule has 0 aromatic carbocycles. The zero-order chi connectivity index (χ0) is 13.6. The minimum Gasteiger partial charge on any atom is -0.265 e. The number of rotatable bonds is 6. The van der Waals surface area contributed by atoms with Crippen molar-refractivity contribution in [3.05, 3.63) is 30.1 Å². The second-order valence-corrected chi connectivity index (χ2v) is 6.20. The van der Waals surface area contributed by atoms with Crippen LogP contribution in [-0.4, -0.2) is 30.5 Å². The summed E-state index contributed by atoms with van der Waals surface area (Å²) in [5, 5.41) is 8.42. The maximum atomic E-state index is 12.0. The van der Waals surface area contributed by atoms with Crippen LogP contribution in [-0.2, 0) is 10.0 Å². The van der Waals surface area contributed by atoms with Crippen molar-refractivity contribution in [2.75, 3.05) is 12.8 Å². The number of hydrogen-bond acceptors (Lipinski definition) is 4. The molecule has 98 valence electrons. The number of sulfonamides is 1. The van der Waals surface area contributed by atoms with Gasteiger partial charge in [0.2, 0.25) is 10.0 Å². The van der Waals surface area contributed by atoms with Crippen molar-refractivity contribution in [1.82, 2.24) is 9.29 Å². The largest absolute Gasteiger partial charge is 0.265 e. The minimum atomic E-state index is -3.32. The molecule has 0 amide bonds. The van der Waals surface area contributed by atoms with Gasteiger partial charge in [-0.15, -0.1) is 0 Å². The van der Waals surface area contributed by atoms with Crippen LogP contribution in [0.5, 0.6) is 0 Å². The van der Waals surface area contributed by atoms with Gasteiger partial charge in [-0.3, -0.25) is 4.98 Å². The second kappa shape index (κ2) is 6.47. The molecule has 0 aliphatic rings. The molecule has 6 heteroatoms. The molecule has 0 aliphatic heterocycles. The van der Waals surface area contributed by atoms with Gasteiger partial charge in [0.15, 0.2) is 0 Å². The quantitative estimate of drug-likeness (QED) is 0.735. The first-order chi connectivity index (χ1) is 8.49. The maximum absolute atomic E-state index is 12.0. The molecule has 1 unspecified atom stereocenters. The highest BCUT2D eigenvalue weighted by Crippen LogP contribution is 2.21. The van der Waals surface area contributed by atoms with Crippen molar-refractivity contribution >= 4 is 10.0 Å². The third-order valence-electron chi connectivity index (χ3n) is 2.86. The van der Waals surface area contributed by atoms with Crippen LogP contribution in [0.3, 0.4) is 0 Å². The number of nitriles is 1. The zero-order valence-corrected chi connectivity index (χ0v) is 11.4. The van der Waals surface area contributed by atoms with E-state index < -0.39 is 10.0 Å². The molecule has 0 spiro atoms. The number of unbranched alkanes of at least 4 members (excludes halogenated alkanes) is 1. The molecule has 1 aromatic heterocycles. The highest BCUT2D eigenvalue weighted by Gasteiger charge is 2.23. The first kappa shape index (κ1) is 14.6. The van der Waals surface area contributed by atoms with Gasteiger partial charge in [-0.1, -0.05) is 0 Å². The van der Waals surface area contributed by atoms with E-state index in [2.05, 4.69) is 4.98 Å². The van der Waals surface area contributed by atoms with Gasteiger partial charge in [0.05, 0.1) is 11.8 Å². The zero-order valence-electron chi connectivity index (χ0n) is 10.6. The van der Waals surface area contributed by atoms with Crippen molar-refractivity contribution in [1.29, 1.82) is 5.26 Å². The van der Waals surface area contributed by atoms with E-state index in [1.807, 2.05) is 13.0 Å². The van der Waals surface area contributed by atoms with Crippen LogP contribution >= 0.6 is 0 Å². The van der Waals surface area contributed by atoms with Crippen LogP contribution in [0.25, 0.3) is 0 Å². The van der Waals surface area contributed by atoms with Crippen LogP contribution in [0.2, 0.25) is 0 Å². The summed E-state index contributed by atoms with van der Waals surface area (Å²) in [4.78, 5) is 3.91. The number of nitrogens with zero attached hydrogens (tertiary/aromatic N) is 3. The molecule has 18 heavy (non-hydrogen) atoms. The molecule has 0 bridgehead atoms. The standard InChI is InChI=1S/C12H17N3O2S/c1-11(12-5-8-14-9-6-12)15(2)18(16,17)10-4-3-7-13/h5-6,8-9,11H,3-4,10H2,1-2H3. The van der Waals surface area contributed by atoms with Crippen molar-refractivity contribution in [2.45, 2.75) is 25.8 Å². The second-order valence-electron chi connectivity index (χ2n) is 4.05. The number of pyridine rings is 1. The summed E-state index contributed by atoms with van der Waals surface area (Å²) in [5.74, 6) is 0.00643. The van der Waals surface area contributed by atoms with Crippen molar-refractivity contribution in [3.63, 3.8) is 0 Å². The van der Waals surface area contributed by atoms with E-state index >= 15 is 0 Å². The third kappa shape index (κ3) is 3.79. The molecular weight excluding hydrogens is 250 g/mol. The highest BCUT2D eigenvalue weighted by atomic mass is 32.2. The summed E-state index contributed by atoms with van der Waals surface area (Å²) in [6.45, 7) is 1.83. The Kier molecular flexibility index (Phi) is 5.25. The minimum absolute atomic E-state index is 0.00643. The Morgan fingerprint density at radius 1 is 1.44 bits per heavy atom. The highest BCUT2D eigenvalue weighted by molar-refractivity contribution is 7.89. The molecule has 0 fully saturated rings. The van der Waals surface area contributed by atoms with E-state index in [0.29, 0.717) is 6.42 Å². The van der Waals surface area contributed by atoms with Gasteiger partial charge >= 0.3 is 0 Å². The molecule has 1 rings (SSSR count). The Morgan fingerprint density at radius 2 is 2.06 bits per heavy atom. The van der Waals surface area contributed by atoms with E-state index in [4.69, 9.17) is 5.26 Å². The van der Waals surface area contributed by atoms with Gasteiger partial charge in [-0.05, 0) is 31.0 Å². The van der Waals surface area contributed by atoms with E-state index in [0.717, 1.165) is 5.56 Å². The van der Waals surface area contributed by atoms with Crippen molar-refractivity contribution in [2.24, 2.45) is 0 Å². The van der Waals surface area contributed by atoms with Crippen LogP contribution < -0.4 is 0 Å². The van der Waals surface area contributed by atoms with Gasteiger partial charge in [-0.25, -0.2) is 8.42 Å². The topological polar surface area (TPSA) is 74.1 Å². The molecule has 0 aliphatic carbocycles. The summed E-state index contributed by atoms with van der Waals surface area (Å²) < 4.78 is 25.4. The van der Waals surface area contributed by atoms with Gasteiger partial charge in [0.25, 0.3) is 0 Å². The SMILES string of the molecule is CC(c1ccncc1)N(C)S(=O)(=O)CCCC#N. The van der Waals surface area contributed by atoms with E-state index in [1.165, 1.54) is 4.31 Å². The average Bonchev–Trinajstić information content (AvgIpc) is 2.38. The Bertz CT molecular complexity index is 508. The fourth-order valence-corrected chi connectivity index (χ4v) is 2.97. The maximum Gasteiger partial charge on any atom is 0.214 e. The Morgan fingerprint density at radius 3 is 2.61 bits per heavy atom. The first-order valence-corrected chi connectivity index (χ1v) is 7.32. The van der Waals surface area contributed by atoms with Crippen molar-refractivity contribution in [3.8, 4) is 6.07 Å². The lowest BCUT2D eigenvalue weighted by atomic mass is 10.1. The first-order valence-electron chi connectivity index (χ1n) is 5.71. The number of hydrogen-bond donors (Lipinski definition) is 0. The molecule has 0 saturated carbocycles. The summed E-state index contributed by atoms with van der Waals surface area (Å²) in [7, 11) is -1.76. The lowest BCUT2D eigenvalue weighted by molar-refractivity contribution is 0.397. The summed E-state index contributed by atoms with van der Waals surface area (Å²) in [6, 6.07) is 5.31. The van der Waals surface area contributed by atoms with Gasteiger partial charge in [0.1, 0.15) is 0 Å². The predicted octanol–water partition coefficient (Wildman–Crippen LogP) is 1.71. The van der Waals surface area contributed by atoms with Crippen LogP contribution in [0, 0.1) is 11.3 Å². The van der Waals surface area contributed by atoms with Crippen LogP contribution in [0.1, 0.15) is 31.4 Å². The van der Waals surface area contributed by atoms with Crippen molar-refractivity contribution < 1.29 is 8.42 Å². The molecule has 0 radical (unpaired) electrons. The van der Waals surface area contributed by atoms with E-state index in [1.54, 1.807) is 31.6 Å². The molecule has 0 saturated heterocycles. The monoisotopic (exact) mass is 267 g/mol. The normalized spacial score (nSPS) is 13.2. The molecule has 1 heterocycles. The summed E-state index contributed by atoms with van der Waals surface area (Å²) >= 11 is 0. The van der Waals surface area contributed by atoms with E-state index in [9.17, 15) is 8.42 Å². The third-order valence-corrected chi connectivity index (χ3v) is 4.86. The molecule has 5 nitrogen and oxygen atoms in total. The summed E-state index contributed by atoms with van der Waals surface area (Å²) in [5.41, 5.74) is 0.899. The van der Waals surface area contributed by atoms with Gasteiger partial charge in [0, 0.05) is 31.9 Å². The van der Waals surface area contributed by atoms with Gasteiger partial charge in [-0.2, -0.15) is 9.57 Å². The predicted molar refractivity (Wildman–Crippen MR) is 69.0 cm³/mol. The summed E-state index contributed by atoms with van der Waals surface area (Å²) in [6.07, 6.45) is 3.91. The lowest BCUT2D eigenvalue weighted by Crippen LogP contribution is -2.31.